The minimum atomic E-state index is -0.826. The van der Waals surface area contributed by atoms with E-state index in [1.165, 1.54) is 0 Å². The van der Waals surface area contributed by atoms with Gasteiger partial charge in [0, 0.05) is 35.8 Å². The highest BCUT2D eigenvalue weighted by Gasteiger charge is 2.25. The molecule has 202 valence electrons. The topological polar surface area (TPSA) is 81.7 Å². The highest BCUT2D eigenvalue weighted by molar-refractivity contribution is 6.00. The monoisotopic (exact) mass is 515 g/mol. The minimum absolute atomic E-state index is 0.0381. The first-order valence-corrected chi connectivity index (χ1v) is 13.4. The molecule has 2 amide bonds. The van der Waals surface area contributed by atoms with E-state index in [1.807, 2.05) is 95.3 Å². The van der Waals surface area contributed by atoms with E-state index in [0.717, 1.165) is 11.1 Å². The summed E-state index contributed by atoms with van der Waals surface area (Å²) in [5.41, 5.74) is 3.00. The van der Waals surface area contributed by atoms with Gasteiger partial charge in [0.25, 0.3) is 11.8 Å². The molecule has 3 aromatic rings. The van der Waals surface area contributed by atoms with Gasteiger partial charge in [-0.05, 0) is 70.4 Å². The first kappa shape index (κ1) is 29.1. The molecule has 0 saturated carbocycles. The maximum Gasteiger partial charge on any atom is 0.254 e. The van der Waals surface area contributed by atoms with Crippen molar-refractivity contribution in [1.82, 2.24) is 15.5 Å². The summed E-state index contributed by atoms with van der Waals surface area (Å²) in [6.07, 6.45) is -0.352. The second-order valence-corrected chi connectivity index (χ2v) is 10.4. The number of aliphatic hydroxyl groups excluding tert-OH is 1. The summed E-state index contributed by atoms with van der Waals surface area (Å²) >= 11 is 0. The van der Waals surface area contributed by atoms with Crippen molar-refractivity contribution in [3.05, 3.63) is 107 Å². The van der Waals surface area contributed by atoms with E-state index >= 15 is 0 Å². The largest absolute Gasteiger partial charge is 0.390 e. The van der Waals surface area contributed by atoms with E-state index in [1.54, 1.807) is 29.2 Å². The predicted octanol–water partition coefficient (Wildman–Crippen LogP) is 5.00. The van der Waals surface area contributed by atoms with Crippen LogP contribution in [0.15, 0.2) is 84.9 Å². The summed E-state index contributed by atoms with van der Waals surface area (Å²) in [5.74, 6) is -0.430. The van der Waals surface area contributed by atoms with Gasteiger partial charge in [0.1, 0.15) is 0 Å². The van der Waals surface area contributed by atoms with Crippen molar-refractivity contribution in [2.75, 3.05) is 6.54 Å². The van der Waals surface area contributed by atoms with Crippen molar-refractivity contribution < 1.29 is 14.7 Å². The van der Waals surface area contributed by atoms with E-state index in [9.17, 15) is 14.7 Å². The predicted molar refractivity (Wildman–Crippen MR) is 153 cm³/mol. The molecule has 3 aromatic carbocycles. The number of hydrogen-bond donors (Lipinski definition) is 3. The van der Waals surface area contributed by atoms with Gasteiger partial charge >= 0.3 is 0 Å². The van der Waals surface area contributed by atoms with Crippen LogP contribution in [0.5, 0.6) is 0 Å². The molecule has 0 fully saturated rings. The molecule has 0 spiro atoms. The van der Waals surface area contributed by atoms with Crippen molar-refractivity contribution in [3.63, 3.8) is 0 Å². The molecule has 3 N–H and O–H groups in total. The highest BCUT2D eigenvalue weighted by Crippen LogP contribution is 2.16. The normalized spacial score (nSPS) is 13.7. The molecule has 0 aliphatic heterocycles. The molecule has 3 rings (SSSR count). The van der Waals surface area contributed by atoms with Gasteiger partial charge in [-0.1, -0.05) is 66.7 Å². The minimum Gasteiger partial charge on any atom is -0.390 e. The molecule has 0 radical (unpaired) electrons. The number of carbonyl (C=O) groups excluding carboxylic acids is 2. The third-order valence-corrected chi connectivity index (χ3v) is 6.73. The van der Waals surface area contributed by atoms with Gasteiger partial charge in [0.15, 0.2) is 0 Å². The van der Waals surface area contributed by atoms with Crippen LogP contribution in [0.3, 0.4) is 0 Å². The maximum atomic E-state index is 13.4. The first-order valence-electron chi connectivity index (χ1n) is 13.4. The smallest absolute Gasteiger partial charge is 0.254 e. The fourth-order valence-electron chi connectivity index (χ4n) is 4.71. The van der Waals surface area contributed by atoms with Crippen LogP contribution in [0.1, 0.15) is 72.5 Å². The number of nitrogens with zero attached hydrogens (tertiary/aromatic N) is 1. The Morgan fingerprint density at radius 3 is 1.97 bits per heavy atom. The number of amides is 2. The third kappa shape index (κ3) is 8.01. The molecular formula is C32H41N3O3. The Hall–Kier alpha value is -3.48. The molecule has 6 heteroatoms. The average Bonchev–Trinajstić information content (AvgIpc) is 2.91. The molecule has 0 heterocycles. The summed E-state index contributed by atoms with van der Waals surface area (Å²) in [7, 11) is 0. The van der Waals surface area contributed by atoms with Crippen LogP contribution < -0.4 is 10.6 Å². The Balaban J connectivity index is 1.76. The highest BCUT2D eigenvalue weighted by atomic mass is 16.3. The summed E-state index contributed by atoms with van der Waals surface area (Å²) in [6.45, 7) is 10.3. The molecule has 0 bridgehead atoms. The molecule has 3 atom stereocenters. The van der Waals surface area contributed by atoms with Crippen LogP contribution in [-0.4, -0.2) is 52.6 Å². The lowest BCUT2D eigenvalue weighted by atomic mass is 9.99. The van der Waals surface area contributed by atoms with E-state index in [0.29, 0.717) is 24.1 Å². The van der Waals surface area contributed by atoms with Crippen molar-refractivity contribution >= 4 is 11.8 Å². The molecule has 0 aromatic heterocycles. The van der Waals surface area contributed by atoms with Gasteiger partial charge in [-0.2, -0.15) is 0 Å². The lowest BCUT2D eigenvalue weighted by Gasteiger charge is -2.31. The Morgan fingerprint density at radius 1 is 0.789 bits per heavy atom. The lowest BCUT2D eigenvalue weighted by Crippen LogP contribution is -2.49. The zero-order valence-electron chi connectivity index (χ0n) is 23.1. The van der Waals surface area contributed by atoms with E-state index in [4.69, 9.17) is 0 Å². The van der Waals surface area contributed by atoms with Crippen LogP contribution in [0.25, 0.3) is 0 Å². The van der Waals surface area contributed by atoms with Gasteiger partial charge in [0.05, 0.1) is 12.1 Å². The molecule has 0 aliphatic carbocycles. The number of nitrogens with one attached hydrogen (secondary N) is 2. The van der Waals surface area contributed by atoms with Crippen LogP contribution in [0, 0.1) is 0 Å². The van der Waals surface area contributed by atoms with Gasteiger partial charge in [-0.3, -0.25) is 9.59 Å². The van der Waals surface area contributed by atoms with Gasteiger partial charge < -0.3 is 20.6 Å². The zero-order valence-corrected chi connectivity index (χ0v) is 23.1. The van der Waals surface area contributed by atoms with Crippen LogP contribution in [0.4, 0.5) is 0 Å². The fourth-order valence-corrected chi connectivity index (χ4v) is 4.71. The average molecular weight is 516 g/mol. The second kappa shape index (κ2) is 13.9. The molecular weight excluding hydrogens is 474 g/mol. The molecule has 0 aliphatic rings. The quantitative estimate of drug-likeness (QED) is 0.317. The summed E-state index contributed by atoms with van der Waals surface area (Å²) in [4.78, 5) is 28.3. The Kier molecular flexibility index (Phi) is 10.6. The number of benzene rings is 3. The zero-order chi connectivity index (χ0) is 27.7. The van der Waals surface area contributed by atoms with Crippen molar-refractivity contribution in [3.8, 4) is 0 Å². The fraction of sp³-hybridized carbons (Fsp3) is 0.375. The van der Waals surface area contributed by atoms with Gasteiger partial charge in [-0.15, -0.1) is 0 Å². The number of aliphatic hydroxyl groups is 1. The number of carbonyl (C=O) groups is 2. The first-order chi connectivity index (χ1) is 18.2. The van der Waals surface area contributed by atoms with Crippen molar-refractivity contribution in [2.24, 2.45) is 0 Å². The van der Waals surface area contributed by atoms with Crippen LogP contribution >= 0.6 is 0 Å². The van der Waals surface area contributed by atoms with E-state index in [2.05, 4.69) is 10.6 Å². The summed E-state index contributed by atoms with van der Waals surface area (Å²) in [5, 5.41) is 17.6. The molecule has 0 unspecified atom stereocenters. The van der Waals surface area contributed by atoms with Crippen molar-refractivity contribution in [1.29, 1.82) is 0 Å². The molecule has 6 nitrogen and oxygen atoms in total. The lowest BCUT2D eigenvalue weighted by molar-refractivity contribution is 0.0643. The maximum absolute atomic E-state index is 13.4. The third-order valence-electron chi connectivity index (χ3n) is 6.73. The Bertz CT molecular complexity index is 1160. The summed E-state index contributed by atoms with van der Waals surface area (Å²) < 4.78 is 0. The summed E-state index contributed by atoms with van der Waals surface area (Å²) in [6, 6.07) is 26.2. The Labute approximate surface area is 227 Å². The number of rotatable bonds is 12. The van der Waals surface area contributed by atoms with Crippen molar-refractivity contribution in [2.45, 2.75) is 71.3 Å². The Morgan fingerprint density at radius 2 is 1.37 bits per heavy atom. The molecule has 0 saturated heterocycles. The van der Waals surface area contributed by atoms with E-state index < -0.39 is 12.1 Å². The van der Waals surface area contributed by atoms with E-state index in [-0.39, 0.29) is 29.9 Å². The SMILES string of the molecule is CC(C)N(C(=O)c1cccc(C(=O)N[C@@H](Cc2ccccc2)[C@@H](O)CN[C@H](C)c2ccccc2)c1)C(C)C. The molecule has 38 heavy (non-hydrogen) atoms. The standard InChI is InChI=1S/C32H41N3O3/c1-22(2)35(23(3)4)32(38)28-18-12-17-27(20-28)31(37)34-29(19-25-13-8-6-9-14-25)30(36)21-33-24(5)26-15-10-7-11-16-26/h6-18,20,22-24,29-30,33,36H,19,21H2,1-5H3,(H,34,37)/t24-,29+,30+/m1/s1. The van der Waals surface area contributed by atoms with Crippen LogP contribution in [-0.2, 0) is 6.42 Å². The van der Waals surface area contributed by atoms with Gasteiger partial charge in [0.2, 0.25) is 0 Å². The van der Waals surface area contributed by atoms with Crippen LogP contribution in [0.2, 0.25) is 0 Å². The second-order valence-electron chi connectivity index (χ2n) is 10.4. The number of hydrogen-bond acceptors (Lipinski definition) is 4. The van der Waals surface area contributed by atoms with Gasteiger partial charge in [-0.25, -0.2) is 0 Å².